The lowest BCUT2D eigenvalue weighted by Crippen LogP contribution is -2.32. The van der Waals surface area contributed by atoms with E-state index in [0.29, 0.717) is 41.8 Å². The number of rotatable bonds is 5. The van der Waals surface area contributed by atoms with Gasteiger partial charge in [-0.3, -0.25) is 0 Å². The average Bonchev–Trinajstić information content (AvgIpc) is 3.17. The molecule has 3 heterocycles. The molecule has 0 atom stereocenters. The van der Waals surface area contributed by atoms with Gasteiger partial charge in [-0.2, -0.15) is 0 Å². The van der Waals surface area contributed by atoms with E-state index in [9.17, 15) is 9.18 Å². The number of hydrogen-bond acceptors (Lipinski definition) is 8. The first-order valence-electron chi connectivity index (χ1n) is 9.17. The quantitative estimate of drug-likeness (QED) is 0.355. The van der Waals surface area contributed by atoms with Crippen LogP contribution < -0.4 is 4.90 Å². The topological polar surface area (TPSA) is 81.4 Å². The van der Waals surface area contributed by atoms with Crippen molar-refractivity contribution in [3.8, 4) is 11.3 Å². The molecular formula is C20H19FN4O3S. The standard InChI is InChI=1S/C20H19FN4O3S/c1-3-27-19(26)15-10-22-20(29-2)23-18(15)25-9-8-14-16(11-25)24-28-17(14)12-4-6-13(21)7-5-12/h4-7,10H,3,8-9,11H2,1-2H3. The second kappa shape index (κ2) is 8.20. The summed E-state index contributed by atoms with van der Waals surface area (Å²) in [7, 11) is 0. The highest BCUT2D eigenvalue weighted by molar-refractivity contribution is 7.98. The van der Waals surface area contributed by atoms with E-state index in [1.807, 2.05) is 11.2 Å². The Bertz CT molecular complexity index is 1040. The van der Waals surface area contributed by atoms with Crippen molar-refractivity contribution < 1.29 is 18.4 Å². The van der Waals surface area contributed by atoms with Gasteiger partial charge in [-0.05, 0) is 43.9 Å². The summed E-state index contributed by atoms with van der Waals surface area (Å²) in [6.07, 6.45) is 4.05. The molecule has 0 aliphatic carbocycles. The lowest BCUT2D eigenvalue weighted by atomic mass is 10.0. The molecule has 0 unspecified atom stereocenters. The molecule has 1 aromatic carbocycles. The summed E-state index contributed by atoms with van der Waals surface area (Å²) in [6.45, 7) is 3.10. The van der Waals surface area contributed by atoms with Gasteiger partial charge in [-0.25, -0.2) is 19.2 Å². The molecule has 2 aromatic heterocycles. The molecule has 0 saturated heterocycles. The molecule has 1 aliphatic heterocycles. The van der Waals surface area contributed by atoms with Gasteiger partial charge in [0, 0.05) is 23.9 Å². The third-order valence-corrected chi connectivity index (χ3v) is 5.23. The van der Waals surface area contributed by atoms with E-state index < -0.39 is 5.97 Å². The van der Waals surface area contributed by atoms with Crippen LogP contribution in [-0.4, -0.2) is 40.5 Å². The number of halogens is 1. The molecule has 9 heteroatoms. The number of anilines is 1. The summed E-state index contributed by atoms with van der Waals surface area (Å²) < 4.78 is 23.9. The van der Waals surface area contributed by atoms with E-state index in [0.717, 1.165) is 16.8 Å². The van der Waals surface area contributed by atoms with Crippen LogP contribution in [0.25, 0.3) is 11.3 Å². The van der Waals surface area contributed by atoms with Crippen LogP contribution >= 0.6 is 11.8 Å². The number of fused-ring (bicyclic) bond motifs is 1. The van der Waals surface area contributed by atoms with E-state index >= 15 is 0 Å². The second-order valence-electron chi connectivity index (χ2n) is 6.43. The van der Waals surface area contributed by atoms with Crippen LogP contribution in [0, 0.1) is 5.82 Å². The summed E-state index contributed by atoms with van der Waals surface area (Å²) in [5.74, 6) is 0.429. The average molecular weight is 414 g/mol. The molecule has 0 radical (unpaired) electrons. The van der Waals surface area contributed by atoms with E-state index in [-0.39, 0.29) is 12.4 Å². The molecule has 0 amide bonds. The maximum absolute atomic E-state index is 13.2. The van der Waals surface area contributed by atoms with E-state index in [4.69, 9.17) is 9.26 Å². The highest BCUT2D eigenvalue weighted by Gasteiger charge is 2.28. The monoisotopic (exact) mass is 414 g/mol. The second-order valence-corrected chi connectivity index (χ2v) is 7.20. The van der Waals surface area contributed by atoms with Crippen LogP contribution in [-0.2, 0) is 17.7 Å². The number of nitrogens with zero attached hydrogens (tertiary/aromatic N) is 4. The van der Waals surface area contributed by atoms with Crippen LogP contribution in [0.4, 0.5) is 10.2 Å². The summed E-state index contributed by atoms with van der Waals surface area (Å²) in [5.41, 5.74) is 2.88. The fourth-order valence-corrected chi connectivity index (χ4v) is 3.62. The number of esters is 1. The molecule has 29 heavy (non-hydrogen) atoms. The van der Waals surface area contributed by atoms with Crippen molar-refractivity contribution in [1.29, 1.82) is 0 Å². The van der Waals surface area contributed by atoms with Gasteiger partial charge in [0.25, 0.3) is 0 Å². The summed E-state index contributed by atoms with van der Waals surface area (Å²) >= 11 is 1.40. The summed E-state index contributed by atoms with van der Waals surface area (Å²) in [5, 5.41) is 4.78. The number of carbonyl (C=O) groups excluding carboxylic acids is 1. The zero-order valence-electron chi connectivity index (χ0n) is 16.0. The molecule has 0 spiro atoms. The van der Waals surface area contributed by atoms with Crippen LogP contribution in [0.5, 0.6) is 0 Å². The highest BCUT2D eigenvalue weighted by atomic mass is 32.2. The van der Waals surface area contributed by atoms with Crippen LogP contribution in [0.15, 0.2) is 40.1 Å². The molecule has 4 rings (SSSR count). The Hall–Kier alpha value is -2.94. The van der Waals surface area contributed by atoms with Gasteiger partial charge in [0.1, 0.15) is 22.9 Å². The van der Waals surface area contributed by atoms with E-state index in [1.54, 1.807) is 19.1 Å². The van der Waals surface area contributed by atoms with Crippen molar-refractivity contribution in [3.63, 3.8) is 0 Å². The smallest absolute Gasteiger partial charge is 0.343 e. The third kappa shape index (κ3) is 3.82. The lowest BCUT2D eigenvalue weighted by molar-refractivity contribution is 0.0526. The van der Waals surface area contributed by atoms with Gasteiger partial charge in [-0.15, -0.1) is 0 Å². The normalized spacial score (nSPS) is 13.3. The Morgan fingerprint density at radius 2 is 2.14 bits per heavy atom. The molecular weight excluding hydrogens is 395 g/mol. The first kappa shape index (κ1) is 19.4. The summed E-state index contributed by atoms with van der Waals surface area (Å²) in [6, 6.07) is 6.15. The van der Waals surface area contributed by atoms with E-state index in [1.165, 1.54) is 30.1 Å². The van der Waals surface area contributed by atoms with Crippen LogP contribution in [0.2, 0.25) is 0 Å². The number of benzene rings is 1. The third-order valence-electron chi connectivity index (χ3n) is 4.67. The zero-order valence-corrected chi connectivity index (χ0v) is 16.8. The minimum Gasteiger partial charge on any atom is -0.462 e. The Kier molecular flexibility index (Phi) is 5.48. The fourth-order valence-electron chi connectivity index (χ4n) is 3.29. The van der Waals surface area contributed by atoms with Gasteiger partial charge in [-0.1, -0.05) is 16.9 Å². The number of thioether (sulfide) groups is 1. The Labute approximate surface area is 171 Å². The molecule has 1 aliphatic rings. The van der Waals surface area contributed by atoms with Gasteiger partial charge in [0.05, 0.1) is 13.2 Å². The number of ether oxygens (including phenoxy) is 1. The maximum atomic E-state index is 13.2. The van der Waals surface area contributed by atoms with Crippen LogP contribution in [0.1, 0.15) is 28.5 Å². The minimum atomic E-state index is -0.451. The van der Waals surface area contributed by atoms with Crippen molar-refractivity contribution in [3.05, 3.63) is 53.1 Å². The Morgan fingerprint density at radius 3 is 2.86 bits per heavy atom. The molecule has 0 N–H and O–H groups in total. The van der Waals surface area contributed by atoms with Gasteiger partial charge in [0.2, 0.25) is 0 Å². The largest absolute Gasteiger partial charge is 0.462 e. The van der Waals surface area contributed by atoms with Crippen molar-refractivity contribution in [1.82, 2.24) is 15.1 Å². The predicted molar refractivity (Wildman–Crippen MR) is 106 cm³/mol. The first-order valence-corrected chi connectivity index (χ1v) is 10.4. The Morgan fingerprint density at radius 1 is 1.34 bits per heavy atom. The van der Waals surface area contributed by atoms with Gasteiger partial charge < -0.3 is 14.2 Å². The molecule has 0 bridgehead atoms. The SMILES string of the molecule is CCOC(=O)c1cnc(SC)nc1N1CCc2c(noc2-c2ccc(F)cc2)C1. The molecule has 0 fully saturated rings. The molecule has 3 aromatic rings. The fraction of sp³-hybridized carbons (Fsp3) is 0.300. The maximum Gasteiger partial charge on any atom is 0.343 e. The van der Waals surface area contributed by atoms with Crippen molar-refractivity contribution in [2.45, 2.75) is 25.0 Å². The zero-order chi connectivity index (χ0) is 20.4. The number of hydrogen-bond donors (Lipinski definition) is 0. The van der Waals surface area contributed by atoms with Gasteiger partial charge in [0.15, 0.2) is 10.9 Å². The number of carbonyl (C=O) groups is 1. The first-order chi connectivity index (χ1) is 14.1. The van der Waals surface area contributed by atoms with Crippen molar-refractivity contribution in [2.24, 2.45) is 0 Å². The Balaban J connectivity index is 1.65. The van der Waals surface area contributed by atoms with Crippen molar-refractivity contribution in [2.75, 3.05) is 24.3 Å². The number of aromatic nitrogens is 3. The van der Waals surface area contributed by atoms with Crippen LogP contribution in [0.3, 0.4) is 0 Å². The van der Waals surface area contributed by atoms with Gasteiger partial charge >= 0.3 is 5.97 Å². The molecule has 7 nitrogen and oxygen atoms in total. The lowest BCUT2D eigenvalue weighted by Gasteiger charge is -2.28. The van der Waals surface area contributed by atoms with Crippen molar-refractivity contribution >= 4 is 23.5 Å². The molecule has 150 valence electrons. The highest BCUT2D eigenvalue weighted by Crippen LogP contribution is 2.33. The predicted octanol–water partition coefficient (Wildman–Crippen LogP) is 3.73. The molecule has 0 saturated carbocycles. The van der Waals surface area contributed by atoms with E-state index in [2.05, 4.69) is 15.1 Å². The minimum absolute atomic E-state index is 0.275. The summed E-state index contributed by atoms with van der Waals surface area (Å²) in [4.78, 5) is 23.1.